The largest absolute Gasteiger partial charge is 0.352 e. The predicted octanol–water partition coefficient (Wildman–Crippen LogP) is 3.52. The van der Waals surface area contributed by atoms with Crippen molar-refractivity contribution in [1.82, 2.24) is 25.5 Å². The standard InChI is InChI=1S/C25H30N6O2/c1-3-22(25(33)26-20-9-7-8-10-20)31(21-11-5-4-6-12-21)23(32)17-30-28-24(27-29-30)19-15-13-18(2)14-16-19/h4-6,11-16,20,22H,3,7-10,17H2,1-2H3,(H,26,33)/t22-/m1/s1. The van der Waals surface area contributed by atoms with Crippen LogP contribution in [0.1, 0.15) is 44.6 Å². The average Bonchev–Trinajstić information content (AvgIpc) is 3.50. The number of nitrogens with one attached hydrogen (secondary N) is 1. The van der Waals surface area contributed by atoms with Crippen LogP contribution in [0.5, 0.6) is 0 Å². The van der Waals surface area contributed by atoms with Crippen LogP contribution >= 0.6 is 0 Å². The number of aryl methyl sites for hydroxylation is 1. The maximum atomic E-state index is 13.5. The number of hydrogen-bond acceptors (Lipinski definition) is 5. The third-order valence-corrected chi connectivity index (χ3v) is 6.04. The van der Waals surface area contributed by atoms with Crippen molar-refractivity contribution in [2.24, 2.45) is 0 Å². The normalized spacial score (nSPS) is 14.7. The minimum absolute atomic E-state index is 0.110. The molecule has 4 rings (SSSR count). The van der Waals surface area contributed by atoms with Crippen LogP contribution in [0.3, 0.4) is 0 Å². The number of amides is 2. The molecule has 0 aliphatic heterocycles. The van der Waals surface area contributed by atoms with Gasteiger partial charge in [0.05, 0.1) is 0 Å². The number of aromatic nitrogens is 4. The van der Waals surface area contributed by atoms with Crippen molar-refractivity contribution in [3.8, 4) is 11.4 Å². The van der Waals surface area contributed by atoms with Gasteiger partial charge in [-0.25, -0.2) is 0 Å². The van der Waals surface area contributed by atoms with E-state index in [1.54, 1.807) is 4.90 Å². The highest BCUT2D eigenvalue weighted by molar-refractivity contribution is 6.00. The molecule has 1 atom stereocenters. The predicted molar refractivity (Wildman–Crippen MR) is 126 cm³/mol. The Hall–Kier alpha value is -3.55. The Morgan fingerprint density at radius 3 is 2.45 bits per heavy atom. The molecule has 2 aromatic carbocycles. The number of para-hydroxylation sites is 1. The fourth-order valence-corrected chi connectivity index (χ4v) is 4.26. The molecule has 1 fully saturated rings. The van der Waals surface area contributed by atoms with Crippen molar-refractivity contribution in [3.63, 3.8) is 0 Å². The molecular formula is C25H30N6O2. The van der Waals surface area contributed by atoms with Crippen molar-refractivity contribution in [1.29, 1.82) is 0 Å². The van der Waals surface area contributed by atoms with Crippen LogP contribution in [0, 0.1) is 6.92 Å². The van der Waals surface area contributed by atoms with Crippen LogP contribution < -0.4 is 10.2 Å². The van der Waals surface area contributed by atoms with Crippen molar-refractivity contribution in [2.45, 2.75) is 64.6 Å². The summed E-state index contributed by atoms with van der Waals surface area (Å²) in [6.45, 7) is 3.82. The SMILES string of the molecule is CC[C@H](C(=O)NC1CCCC1)N(C(=O)Cn1nnc(-c2ccc(C)cc2)n1)c1ccccc1. The number of hydrogen-bond donors (Lipinski definition) is 1. The minimum Gasteiger partial charge on any atom is -0.352 e. The maximum absolute atomic E-state index is 13.5. The van der Waals surface area contributed by atoms with Crippen molar-refractivity contribution in [2.75, 3.05) is 4.90 Å². The molecule has 1 heterocycles. The second-order valence-corrected chi connectivity index (χ2v) is 8.52. The first kappa shape index (κ1) is 22.6. The monoisotopic (exact) mass is 446 g/mol. The molecule has 0 unspecified atom stereocenters. The van der Waals surface area contributed by atoms with Gasteiger partial charge in [0.15, 0.2) is 0 Å². The molecule has 1 aromatic heterocycles. The summed E-state index contributed by atoms with van der Waals surface area (Å²) < 4.78 is 0. The van der Waals surface area contributed by atoms with E-state index in [4.69, 9.17) is 0 Å². The molecule has 8 heteroatoms. The van der Waals surface area contributed by atoms with E-state index in [2.05, 4.69) is 20.7 Å². The van der Waals surface area contributed by atoms with Crippen molar-refractivity contribution in [3.05, 3.63) is 60.2 Å². The second-order valence-electron chi connectivity index (χ2n) is 8.52. The second kappa shape index (κ2) is 10.4. The van der Waals surface area contributed by atoms with E-state index < -0.39 is 6.04 Å². The summed E-state index contributed by atoms with van der Waals surface area (Å²) in [6.07, 6.45) is 4.74. The van der Waals surface area contributed by atoms with Gasteiger partial charge in [0.25, 0.3) is 5.91 Å². The summed E-state index contributed by atoms with van der Waals surface area (Å²) in [4.78, 5) is 29.5. The van der Waals surface area contributed by atoms with Crippen LogP contribution in [0.2, 0.25) is 0 Å². The maximum Gasteiger partial charge on any atom is 0.251 e. The fourth-order valence-electron chi connectivity index (χ4n) is 4.26. The lowest BCUT2D eigenvalue weighted by atomic mass is 10.1. The van der Waals surface area contributed by atoms with Gasteiger partial charge in [-0.05, 0) is 43.5 Å². The molecule has 0 radical (unpaired) electrons. The Balaban J connectivity index is 1.55. The van der Waals surface area contributed by atoms with E-state index in [1.807, 2.05) is 68.4 Å². The number of tetrazole rings is 1. The molecular weight excluding hydrogens is 416 g/mol. The quantitative estimate of drug-likeness (QED) is 0.571. The third-order valence-electron chi connectivity index (χ3n) is 6.04. The Bertz CT molecular complexity index is 1070. The van der Waals surface area contributed by atoms with Crippen molar-refractivity contribution < 1.29 is 9.59 Å². The van der Waals surface area contributed by atoms with E-state index in [0.29, 0.717) is 17.9 Å². The topological polar surface area (TPSA) is 93.0 Å². The van der Waals surface area contributed by atoms with Crippen molar-refractivity contribution >= 4 is 17.5 Å². The summed E-state index contributed by atoms with van der Waals surface area (Å²) in [7, 11) is 0. The molecule has 1 saturated carbocycles. The third kappa shape index (κ3) is 5.45. The Morgan fingerprint density at radius 1 is 1.09 bits per heavy atom. The van der Waals surface area contributed by atoms with Gasteiger partial charge in [0.2, 0.25) is 11.7 Å². The number of rotatable bonds is 8. The zero-order valence-electron chi connectivity index (χ0n) is 19.1. The number of anilines is 1. The van der Waals surface area contributed by atoms with Crippen LogP contribution in [0.15, 0.2) is 54.6 Å². The zero-order valence-corrected chi connectivity index (χ0v) is 19.1. The molecule has 1 aliphatic carbocycles. The van der Waals surface area contributed by atoms with Gasteiger partial charge in [0, 0.05) is 17.3 Å². The Labute approximate surface area is 194 Å². The van der Waals surface area contributed by atoms with Gasteiger partial charge in [-0.3, -0.25) is 14.5 Å². The summed E-state index contributed by atoms with van der Waals surface area (Å²) in [5.41, 5.74) is 2.65. The highest BCUT2D eigenvalue weighted by atomic mass is 16.2. The van der Waals surface area contributed by atoms with E-state index in [-0.39, 0.29) is 24.4 Å². The molecule has 0 saturated heterocycles. The molecule has 1 aliphatic rings. The molecule has 33 heavy (non-hydrogen) atoms. The van der Waals surface area contributed by atoms with Crippen LogP contribution in [0.4, 0.5) is 5.69 Å². The van der Waals surface area contributed by atoms with E-state index in [1.165, 1.54) is 4.80 Å². The van der Waals surface area contributed by atoms with Gasteiger partial charge in [-0.1, -0.05) is 67.8 Å². The van der Waals surface area contributed by atoms with Gasteiger partial charge < -0.3 is 5.32 Å². The first-order valence-electron chi connectivity index (χ1n) is 11.6. The minimum atomic E-state index is -0.611. The zero-order chi connectivity index (χ0) is 23.2. The molecule has 2 amide bonds. The first-order chi connectivity index (χ1) is 16.0. The summed E-state index contributed by atoms with van der Waals surface area (Å²) in [6, 6.07) is 16.7. The van der Waals surface area contributed by atoms with Gasteiger partial charge in [-0.15, -0.1) is 10.2 Å². The van der Waals surface area contributed by atoms with E-state index >= 15 is 0 Å². The lowest BCUT2D eigenvalue weighted by molar-refractivity contribution is -0.127. The highest BCUT2D eigenvalue weighted by Crippen LogP contribution is 2.22. The Morgan fingerprint density at radius 2 is 1.79 bits per heavy atom. The number of nitrogens with zero attached hydrogens (tertiary/aromatic N) is 5. The van der Waals surface area contributed by atoms with E-state index in [9.17, 15) is 9.59 Å². The lowest BCUT2D eigenvalue weighted by Gasteiger charge is -2.31. The van der Waals surface area contributed by atoms with Gasteiger partial charge in [-0.2, -0.15) is 4.80 Å². The molecule has 8 nitrogen and oxygen atoms in total. The van der Waals surface area contributed by atoms with Crippen LogP contribution in [0.25, 0.3) is 11.4 Å². The first-order valence-corrected chi connectivity index (χ1v) is 11.6. The van der Waals surface area contributed by atoms with Gasteiger partial charge in [0.1, 0.15) is 12.6 Å². The summed E-state index contributed by atoms with van der Waals surface area (Å²) in [5, 5.41) is 15.7. The smallest absolute Gasteiger partial charge is 0.251 e. The van der Waals surface area contributed by atoms with Crippen LogP contribution in [-0.4, -0.2) is 44.1 Å². The average molecular weight is 447 g/mol. The molecule has 0 spiro atoms. The molecule has 3 aromatic rings. The van der Waals surface area contributed by atoms with Gasteiger partial charge >= 0.3 is 0 Å². The number of benzene rings is 2. The number of carbonyl (C=O) groups is 2. The Kier molecular flexibility index (Phi) is 7.12. The van der Waals surface area contributed by atoms with Crippen LogP contribution in [-0.2, 0) is 16.1 Å². The molecule has 172 valence electrons. The highest BCUT2D eigenvalue weighted by Gasteiger charge is 2.32. The molecule has 0 bridgehead atoms. The fraction of sp³-hybridized carbons (Fsp3) is 0.400. The molecule has 1 N–H and O–H groups in total. The van der Waals surface area contributed by atoms with E-state index in [0.717, 1.165) is 36.8 Å². The summed E-state index contributed by atoms with van der Waals surface area (Å²) >= 11 is 0. The number of carbonyl (C=O) groups excluding carboxylic acids is 2. The summed E-state index contributed by atoms with van der Waals surface area (Å²) in [5.74, 6) is 0.0797. The lowest BCUT2D eigenvalue weighted by Crippen LogP contribution is -2.52.